The highest BCUT2D eigenvalue weighted by Crippen LogP contribution is 2.45. The van der Waals surface area contributed by atoms with E-state index in [-0.39, 0.29) is 30.1 Å². The van der Waals surface area contributed by atoms with Crippen LogP contribution in [0.2, 0.25) is 0 Å². The van der Waals surface area contributed by atoms with Gasteiger partial charge in [-0.2, -0.15) is 0 Å². The molecule has 2 bridgehead atoms. The van der Waals surface area contributed by atoms with Crippen LogP contribution in [-0.2, 0) is 27.2 Å². The van der Waals surface area contributed by atoms with E-state index in [1.807, 2.05) is 0 Å². The minimum absolute atomic E-state index is 0.106. The Bertz CT molecular complexity index is 859. The molecule has 3 N–H and O–H groups in total. The molecule has 2 aliphatic heterocycles. The summed E-state index contributed by atoms with van der Waals surface area (Å²) in [6.07, 6.45) is 7.75. The fraction of sp³-hybridized carbons (Fsp3) is 0.667. The first kappa shape index (κ1) is 19.1. The Morgan fingerprint density at radius 1 is 0.966 bits per heavy atom. The van der Waals surface area contributed by atoms with Crippen molar-refractivity contribution in [3.63, 3.8) is 0 Å². The van der Waals surface area contributed by atoms with Gasteiger partial charge in [0.15, 0.2) is 0 Å². The average molecular weight is 419 g/mol. The lowest BCUT2D eigenvalue weighted by molar-refractivity contribution is -0.147. The van der Waals surface area contributed by atoms with E-state index in [0.717, 1.165) is 55.4 Å². The molecule has 2 amide bonds. The van der Waals surface area contributed by atoms with Crippen molar-refractivity contribution >= 4 is 34.1 Å². The molecule has 0 radical (unpaired) electrons. The number of rotatable bonds is 5. The summed E-state index contributed by atoms with van der Waals surface area (Å²) >= 11 is 1.47. The molecule has 1 aromatic rings. The lowest BCUT2D eigenvalue weighted by atomic mass is 9.79. The molecule has 0 spiro atoms. The molecule has 4 aliphatic rings. The number of nitrogens with one attached hydrogen (secondary N) is 2. The summed E-state index contributed by atoms with van der Waals surface area (Å²) in [4.78, 5) is 39.0. The number of carboxylic acid groups (broad SMARTS) is 1. The summed E-state index contributed by atoms with van der Waals surface area (Å²) in [5.41, 5.74) is 1.65. The number of hydrogen-bond acceptors (Lipinski definition) is 5. The minimum atomic E-state index is -0.981. The second-order valence-electron chi connectivity index (χ2n) is 8.69. The van der Waals surface area contributed by atoms with Gasteiger partial charge in [0.05, 0.1) is 29.6 Å². The number of carbonyl (C=O) groups excluding carboxylic acids is 2. The van der Waals surface area contributed by atoms with Crippen LogP contribution in [0, 0.1) is 11.8 Å². The molecular weight excluding hydrogens is 392 g/mol. The number of aryl methyl sites for hydroxylation is 1. The first-order valence-corrected chi connectivity index (χ1v) is 11.5. The second-order valence-corrected chi connectivity index (χ2v) is 9.79. The van der Waals surface area contributed by atoms with Gasteiger partial charge >= 0.3 is 5.97 Å². The van der Waals surface area contributed by atoms with Crippen molar-refractivity contribution < 1.29 is 24.2 Å². The minimum Gasteiger partial charge on any atom is -0.481 e. The third kappa shape index (κ3) is 3.26. The summed E-state index contributed by atoms with van der Waals surface area (Å²) in [6.45, 7) is 0. The van der Waals surface area contributed by atoms with Crippen molar-refractivity contribution in [3.8, 4) is 0 Å². The number of amides is 2. The molecule has 2 aliphatic carbocycles. The zero-order valence-electron chi connectivity index (χ0n) is 16.2. The molecule has 29 heavy (non-hydrogen) atoms. The number of carboxylic acids is 1. The van der Waals surface area contributed by atoms with E-state index in [1.165, 1.54) is 11.3 Å². The van der Waals surface area contributed by atoms with E-state index in [2.05, 4.69) is 10.6 Å². The predicted octanol–water partition coefficient (Wildman–Crippen LogP) is 2.73. The predicted molar refractivity (Wildman–Crippen MR) is 107 cm³/mol. The maximum Gasteiger partial charge on any atom is 0.310 e. The number of aliphatic carboxylic acids is 1. The molecule has 156 valence electrons. The smallest absolute Gasteiger partial charge is 0.310 e. The number of fused-ring (bicyclic) bond motifs is 3. The molecule has 0 aromatic carbocycles. The van der Waals surface area contributed by atoms with E-state index in [4.69, 9.17) is 4.74 Å². The number of ether oxygens (including phenoxy) is 1. The highest BCUT2D eigenvalue weighted by Gasteiger charge is 2.55. The zero-order valence-corrected chi connectivity index (χ0v) is 17.1. The Labute approximate surface area is 173 Å². The maximum atomic E-state index is 13.1. The van der Waals surface area contributed by atoms with Crippen LogP contribution >= 0.6 is 11.3 Å². The van der Waals surface area contributed by atoms with Gasteiger partial charge in [0.2, 0.25) is 5.91 Å². The molecule has 3 fully saturated rings. The van der Waals surface area contributed by atoms with Gasteiger partial charge in [-0.25, -0.2) is 0 Å². The van der Waals surface area contributed by atoms with Crippen molar-refractivity contribution in [2.45, 2.75) is 76.0 Å². The first-order chi connectivity index (χ1) is 14.0. The fourth-order valence-electron chi connectivity index (χ4n) is 5.58. The van der Waals surface area contributed by atoms with Gasteiger partial charge in [-0.1, -0.05) is 12.8 Å². The Morgan fingerprint density at radius 2 is 1.69 bits per heavy atom. The van der Waals surface area contributed by atoms with E-state index in [9.17, 15) is 19.5 Å². The van der Waals surface area contributed by atoms with Gasteiger partial charge in [-0.15, -0.1) is 11.3 Å². The SMILES string of the molecule is O=C(NC1CCCC1)c1c(NC(=O)[C@H]2[C@@H](C(=O)O)[C@H]3CC[C@H]2O3)sc2c1CCC2. The van der Waals surface area contributed by atoms with Crippen molar-refractivity contribution in [1.29, 1.82) is 0 Å². The molecule has 3 heterocycles. The first-order valence-electron chi connectivity index (χ1n) is 10.7. The van der Waals surface area contributed by atoms with E-state index >= 15 is 0 Å². The summed E-state index contributed by atoms with van der Waals surface area (Å²) in [7, 11) is 0. The molecular formula is C21H26N2O5S. The molecule has 8 heteroatoms. The zero-order chi connectivity index (χ0) is 20.1. The van der Waals surface area contributed by atoms with Crippen molar-refractivity contribution in [2.75, 3.05) is 5.32 Å². The largest absolute Gasteiger partial charge is 0.481 e. The quantitative estimate of drug-likeness (QED) is 0.682. The van der Waals surface area contributed by atoms with Crippen LogP contribution in [0.25, 0.3) is 0 Å². The molecule has 4 atom stereocenters. The lowest BCUT2D eigenvalue weighted by Gasteiger charge is -2.24. The van der Waals surface area contributed by atoms with Crippen LogP contribution in [0.5, 0.6) is 0 Å². The van der Waals surface area contributed by atoms with Gasteiger partial charge < -0.3 is 20.5 Å². The van der Waals surface area contributed by atoms with Crippen molar-refractivity contribution in [2.24, 2.45) is 11.8 Å². The van der Waals surface area contributed by atoms with Gasteiger partial charge in [-0.3, -0.25) is 14.4 Å². The Balaban J connectivity index is 1.39. The Kier molecular flexibility index (Phi) is 4.86. The van der Waals surface area contributed by atoms with E-state index in [0.29, 0.717) is 23.4 Å². The third-order valence-corrected chi connectivity index (χ3v) is 8.14. The topological polar surface area (TPSA) is 105 Å². The molecule has 1 saturated carbocycles. The number of hydrogen-bond donors (Lipinski definition) is 3. The standard InChI is InChI=1S/C21H26N2O5S/c24-18(22-10-4-1-2-5-10)15-11-6-3-7-14(11)29-20(15)23-19(25)16-12-8-9-13(28-12)17(16)21(26)27/h10,12-13,16-17H,1-9H2,(H,22,24)(H,23,25)(H,26,27)/t12-,13-,16-,17+/m1/s1. The van der Waals surface area contributed by atoms with Crippen LogP contribution in [0.1, 0.15) is 65.7 Å². The van der Waals surface area contributed by atoms with Gasteiger partial charge in [-0.05, 0) is 50.5 Å². The van der Waals surface area contributed by atoms with E-state index < -0.39 is 17.8 Å². The van der Waals surface area contributed by atoms with Crippen LogP contribution in [0.4, 0.5) is 5.00 Å². The highest BCUT2D eigenvalue weighted by atomic mass is 32.1. The van der Waals surface area contributed by atoms with Crippen LogP contribution in [0.15, 0.2) is 0 Å². The summed E-state index contributed by atoms with van der Waals surface area (Å²) < 4.78 is 5.73. The van der Waals surface area contributed by atoms with Crippen molar-refractivity contribution in [1.82, 2.24) is 5.32 Å². The molecule has 1 aromatic heterocycles. The summed E-state index contributed by atoms with van der Waals surface area (Å²) in [5.74, 6) is -2.93. The highest BCUT2D eigenvalue weighted by molar-refractivity contribution is 7.17. The van der Waals surface area contributed by atoms with Gasteiger partial charge in [0.25, 0.3) is 5.91 Å². The van der Waals surface area contributed by atoms with Crippen LogP contribution in [0.3, 0.4) is 0 Å². The summed E-state index contributed by atoms with van der Waals surface area (Å²) in [5, 5.41) is 16.2. The van der Waals surface area contributed by atoms with Crippen LogP contribution in [-0.4, -0.2) is 41.1 Å². The van der Waals surface area contributed by atoms with Crippen LogP contribution < -0.4 is 10.6 Å². The number of thiophene rings is 1. The fourth-order valence-corrected chi connectivity index (χ4v) is 6.87. The monoisotopic (exact) mass is 418 g/mol. The second kappa shape index (κ2) is 7.40. The maximum absolute atomic E-state index is 13.1. The number of anilines is 1. The van der Waals surface area contributed by atoms with Crippen molar-refractivity contribution in [3.05, 3.63) is 16.0 Å². The molecule has 0 unspecified atom stereocenters. The molecule has 7 nitrogen and oxygen atoms in total. The third-order valence-electron chi connectivity index (χ3n) is 6.94. The Hall–Kier alpha value is -1.93. The normalized spacial score (nSPS) is 30.5. The number of carbonyl (C=O) groups is 3. The van der Waals surface area contributed by atoms with Gasteiger partial charge in [0.1, 0.15) is 5.00 Å². The average Bonchev–Trinajstić information content (AvgIpc) is 3.46. The summed E-state index contributed by atoms with van der Waals surface area (Å²) in [6, 6.07) is 0.207. The Morgan fingerprint density at radius 3 is 2.41 bits per heavy atom. The molecule has 2 saturated heterocycles. The molecule has 5 rings (SSSR count). The lowest BCUT2D eigenvalue weighted by Crippen LogP contribution is -2.41. The van der Waals surface area contributed by atoms with Gasteiger partial charge in [0, 0.05) is 10.9 Å². The van der Waals surface area contributed by atoms with E-state index in [1.54, 1.807) is 0 Å².